The average molecular weight is 212 g/mol. The predicted octanol–water partition coefficient (Wildman–Crippen LogP) is 1.16. The minimum absolute atomic E-state index is 0.155. The van der Waals surface area contributed by atoms with E-state index in [0.717, 1.165) is 4.57 Å². The van der Waals surface area contributed by atoms with E-state index in [1.54, 1.807) is 6.92 Å². The van der Waals surface area contributed by atoms with Gasteiger partial charge in [-0.25, -0.2) is 4.98 Å². The van der Waals surface area contributed by atoms with Gasteiger partial charge in [0, 0.05) is 30.3 Å². The van der Waals surface area contributed by atoms with E-state index in [1.165, 1.54) is 12.5 Å². The average Bonchev–Trinajstić information content (AvgIpc) is 2.89. The third-order valence-corrected chi connectivity index (χ3v) is 2.72. The molecule has 2 heterocycles. The van der Waals surface area contributed by atoms with Crippen molar-refractivity contribution in [2.24, 2.45) is 18.8 Å². The SMILES string of the molecule is [2H]C([2H])([2H])n1cncc1C[C@H]1COC(=O)[C@@]1([2H])CC. The van der Waals surface area contributed by atoms with Gasteiger partial charge in [-0.3, -0.25) is 4.79 Å². The van der Waals surface area contributed by atoms with Crippen molar-refractivity contribution in [1.29, 1.82) is 0 Å². The van der Waals surface area contributed by atoms with Gasteiger partial charge in [0.1, 0.15) is 0 Å². The van der Waals surface area contributed by atoms with Crippen LogP contribution < -0.4 is 0 Å². The minimum atomic E-state index is -2.30. The molecule has 0 bridgehead atoms. The van der Waals surface area contributed by atoms with Crippen molar-refractivity contribution in [3.63, 3.8) is 0 Å². The van der Waals surface area contributed by atoms with Crippen LogP contribution in [-0.4, -0.2) is 22.1 Å². The van der Waals surface area contributed by atoms with E-state index in [-0.39, 0.29) is 12.5 Å². The molecule has 2 rings (SSSR count). The van der Waals surface area contributed by atoms with Gasteiger partial charge in [-0.1, -0.05) is 6.92 Å². The first kappa shape index (κ1) is 6.30. The highest BCUT2D eigenvalue weighted by molar-refractivity contribution is 5.74. The van der Waals surface area contributed by atoms with Gasteiger partial charge in [0.05, 0.1) is 18.8 Å². The molecule has 2 atom stereocenters. The summed E-state index contributed by atoms with van der Waals surface area (Å²) in [6.45, 7) is -0.387. The smallest absolute Gasteiger partial charge is 0.309 e. The van der Waals surface area contributed by atoms with Gasteiger partial charge in [0.15, 0.2) is 0 Å². The second kappa shape index (κ2) is 4.04. The molecular weight excluding hydrogens is 192 g/mol. The lowest BCUT2D eigenvalue weighted by molar-refractivity contribution is -0.141. The van der Waals surface area contributed by atoms with Crippen molar-refractivity contribution < 1.29 is 15.0 Å². The number of nitrogens with zero attached hydrogens (tertiary/aromatic N) is 2. The van der Waals surface area contributed by atoms with Gasteiger partial charge in [-0.2, -0.15) is 0 Å². The van der Waals surface area contributed by atoms with Crippen molar-refractivity contribution in [3.05, 3.63) is 18.2 Å². The first-order valence-corrected chi connectivity index (χ1v) is 4.98. The van der Waals surface area contributed by atoms with Gasteiger partial charge >= 0.3 is 5.97 Å². The molecule has 0 N–H and O–H groups in total. The van der Waals surface area contributed by atoms with Crippen LogP contribution in [0.4, 0.5) is 0 Å². The largest absolute Gasteiger partial charge is 0.465 e. The number of cyclic esters (lactones) is 1. The third-order valence-electron chi connectivity index (χ3n) is 2.72. The van der Waals surface area contributed by atoms with Gasteiger partial charge < -0.3 is 9.30 Å². The third kappa shape index (κ3) is 1.89. The van der Waals surface area contributed by atoms with Crippen LogP contribution in [0.2, 0.25) is 0 Å². The standard InChI is InChI=1S/C11H16N2O2/c1-3-10-8(6-15-11(10)14)4-9-5-12-7-13(9)2/h5,7-8,10H,3-4,6H2,1-2H3/t8-,10-/m0/s1/i2D3,10D. The van der Waals surface area contributed by atoms with Crippen LogP contribution in [-0.2, 0) is 22.9 Å². The number of aryl methyl sites for hydroxylation is 1. The Balaban J connectivity index is 2.23. The lowest BCUT2D eigenvalue weighted by atomic mass is 9.89. The number of hydrogen-bond acceptors (Lipinski definition) is 3. The highest BCUT2D eigenvalue weighted by Crippen LogP contribution is 2.27. The summed E-state index contributed by atoms with van der Waals surface area (Å²) in [4.78, 5) is 15.4. The zero-order valence-corrected chi connectivity index (χ0v) is 8.56. The van der Waals surface area contributed by atoms with Crippen LogP contribution in [0, 0.1) is 11.8 Å². The van der Waals surface area contributed by atoms with Crippen LogP contribution in [0.25, 0.3) is 0 Å². The highest BCUT2D eigenvalue weighted by Gasteiger charge is 2.35. The molecule has 1 aliphatic rings. The van der Waals surface area contributed by atoms with Gasteiger partial charge in [-0.05, 0) is 12.8 Å². The molecule has 1 aromatic heterocycles. The molecule has 1 saturated heterocycles. The summed E-state index contributed by atoms with van der Waals surface area (Å²) in [5.74, 6) is -2.16. The molecule has 4 heteroatoms. The van der Waals surface area contributed by atoms with Crippen molar-refractivity contribution in [2.45, 2.75) is 19.8 Å². The van der Waals surface area contributed by atoms with E-state index in [4.69, 9.17) is 10.2 Å². The summed E-state index contributed by atoms with van der Waals surface area (Å²) < 4.78 is 36.4. The second-order valence-electron chi connectivity index (χ2n) is 3.63. The Labute approximate surface area is 94.9 Å². The molecule has 1 fully saturated rings. The van der Waals surface area contributed by atoms with E-state index >= 15 is 0 Å². The quantitative estimate of drug-likeness (QED) is 0.706. The van der Waals surface area contributed by atoms with Crippen molar-refractivity contribution in [1.82, 2.24) is 9.55 Å². The fourth-order valence-electron chi connectivity index (χ4n) is 1.88. The normalized spacial score (nSPS) is 35.3. The minimum Gasteiger partial charge on any atom is -0.465 e. The van der Waals surface area contributed by atoms with Gasteiger partial charge in [-0.15, -0.1) is 0 Å². The van der Waals surface area contributed by atoms with E-state index in [2.05, 4.69) is 4.98 Å². The summed E-state index contributed by atoms with van der Waals surface area (Å²) in [5, 5.41) is 0. The molecule has 15 heavy (non-hydrogen) atoms. The van der Waals surface area contributed by atoms with Crippen LogP contribution >= 0.6 is 0 Å². The molecule has 0 amide bonds. The first-order chi connectivity index (χ1) is 8.79. The molecular formula is C11H16N2O2. The van der Waals surface area contributed by atoms with Crippen LogP contribution in [0.15, 0.2) is 12.5 Å². The molecule has 0 saturated carbocycles. The number of ether oxygens (including phenoxy) is 1. The first-order valence-electron chi connectivity index (χ1n) is 6.98. The van der Waals surface area contributed by atoms with Crippen LogP contribution in [0.1, 0.15) is 24.5 Å². The van der Waals surface area contributed by atoms with E-state index in [1.807, 2.05) is 0 Å². The lowest BCUT2D eigenvalue weighted by Gasteiger charge is -2.12. The fraction of sp³-hybridized carbons (Fsp3) is 0.636. The zero-order chi connectivity index (χ0) is 14.3. The Hall–Kier alpha value is -1.32. The summed E-state index contributed by atoms with van der Waals surface area (Å²) in [6.07, 6.45) is 3.35. The molecule has 1 aromatic rings. The van der Waals surface area contributed by atoms with Crippen LogP contribution in [0.3, 0.4) is 0 Å². The maximum Gasteiger partial charge on any atom is 0.309 e. The van der Waals surface area contributed by atoms with Crippen molar-refractivity contribution in [3.8, 4) is 0 Å². The molecule has 0 radical (unpaired) electrons. The Bertz CT molecular complexity index is 485. The van der Waals surface area contributed by atoms with Crippen molar-refractivity contribution in [2.75, 3.05) is 6.61 Å². The van der Waals surface area contributed by atoms with Crippen LogP contribution in [0.5, 0.6) is 0 Å². The molecule has 0 aromatic carbocycles. The maximum atomic E-state index is 11.6. The number of carbonyl (C=O) groups excluding carboxylic acids is 1. The monoisotopic (exact) mass is 212 g/mol. The maximum absolute atomic E-state index is 11.6. The number of carbonyl (C=O) groups is 1. The lowest BCUT2D eigenvalue weighted by Crippen LogP contribution is -2.18. The Morgan fingerprint density at radius 2 is 2.73 bits per heavy atom. The zero-order valence-electron chi connectivity index (χ0n) is 12.6. The number of aromatic nitrogens is 2. The Morgan fingerprint density at radius 3 is 3.47 bits per heavy atom. The molecule has 4 nitrogen and oxygen atoms in total. The number of rotatable bonds is 3. The van der Waals surface area contributed by atoms with Gasteiger partial charge in [0.2, 0.25) is 0 Å². The topological polar surface area (TPSA) is 44.1 Å². The highest BCUT2D eigenvalue weighted by atomic mass is 16.5. The van der Waals surface area contributed by atoms with Gasteiger partial charge in [0.25, 0.3) is 0 Å². The number of esters is 1. The number of hydrogen-bond donors (Lipinski definition) is 0. The molecule has 0 aliphatic carbocycles. The predicted molar refractivity (Wildman–Crippen MR) is 55.1 cm³/mol. The Morgan fingerprint density at radius 1 is 1.87 bits per heavy atom. The van der Waals surface area contributed by atoms with E-state index in [0.29, 0.717) is 18.5 Å². The molecule has 0 spiro atoms. The second-order valence-corrected chi connectivity index (χ2v) is 3.63. The van der Waals surface area contributed by atoms with E-state index < -0.39 is 18.8 Å². The van der Waals surface area contributed by atoms with E-state index in [9.17, 15) is 4.79 Å². The molecule has 0 unspecified atom stereocenters. The summed E-state index contributed by atoms with van der Waals surface area (Å²) in [5.41, 5.74) is 0.494. The summed E-state index contributed by atoms with van der Waals surface area (Å²) in [6, 6.07) is 0. The number of imidazole rings is 1. The summed E-state index contributed by atoms with van der Waals surface area (Å²) >= 11 is 0. The molecule has 1 aliphatic heterocycles. The summed E-state index contributed by atoms with van der Waals surface area (Å²) in [7, 11) is 0. The molecule has 82 valence electrons. The van der Waals surface area contributed by atoms with Crippen molar-refractivity contribution >= 4 is 5.97 Å². The Kier molecular flexibility index (Phi) is 1.70. The fourth-order valence-corrected chi connectivity index (χ4v) is 1.88.